The number of halogens is 1. The fourth-order valence-electron chi connectivity index (χ4n) is 4.87. The number of anilines is 1. The monoisotopic (exact) mass is 513 g/mol. The zero-order chi connectivity index (χ0) is 25.9. The number of nitrogens with zero attached hydrogens (tertiary/aromatic N) is 1. The Balaban J connectivity index is 1.56. The first-order valence-electron chi connectivity index (χ1n) is 11.7. The molecule has 5 rings (SSSR count). The van der Waals surface area contributed by atoms with Gasteiger partial charge in [-0.2, -0.15) is 0 Å². The van der Waals surface area contributed by atoms with Crippen molar-refractivity contribution in [2.24, 2.45) is 0 Å². The molecule has 0 saturated carbocycles. The Bertz CT molecular complexity index is 1480. The topological polar surface area (TPSA) is 102 Å². The van der Waals surface area contributed by atoms with Gasteiger partial charge in [0.25, 0.3) is 5.91 Å². The van der Waals surface area contributed by atoms with Gasteiger partial charge in [0.05, 0.1) is 22.9 Å². The van der Waals surface area contributed by atoms with E-state index < -0.39 is 12.0 Å². The summed E-state index contributed by atoms with van der Waals surface area (Å²) in [6.07, 6.45) is 6.08. The van der Waals surface area contributed by atoms with Crippen LogP contribution >= 0.6 is 11.6 Å². The third-order valence-electron chi connectivity index (χ3n) is 6.60. The lowest BCUT2D eigenvalue weighted by Crippen LogP contribution is -2.42. The Morgan fingerprint density at radius 1 is 1.03 bits per heavy atom. The van der Waals surface area contributed by atoms with Crippen LogP contribution < -0.4 is 15.9 Å². The average Bonchev–Trinajstić information content (AvgIpc) is 3.19. The van der Waals surface area contributed by atoms with Crippen molar-refractivity contribution in [1.82, 2.24) is 11.0 Å². The summed E-state index contributed by atoms with van der Waals surface area (Å²) in [5.74, 6) is -1.19. The maximum atomic E-state index is 13.9. The maximum Gasteiger partial charge on any atom is 0.335 e. The first-order valence-corrected chi connectivity index (χ1v) is 12.1. The van der Waals surface area contributed by atoms with Crippen LogP contribution in [0, 0.1) is 0 Å². The van der Waals surface area contributed by atoms with Gasteiger partial charge in [-0.1, -0.05) is 78.4 Å². The molecular formula is C29H24ClN3O4. The van der Waals surface area contributed by atoms with Crippen molar-refractivity contribution in [2.45, 2.75) is 12.5 Å². The number of carbonyl (C=O) groups excluding carboxylic acids is 1. The summed E-state index contributed by atoms with van der Waals surface area (Å²) in [4.78, 5) is 27.2. The molecule has 1 heterocycles. The highest BCUT2D eigenvalue weighted by molar-refractivity contribution is 6.34. The van der Waals surface area contributed by atoms with Gasteiger partial charge < -0.3 is 15.2 Å². The highest BCUT2D eigenvalue weighted by Crippen LogP contribution is 2.42. The van der Waals surface area contributed by atoms with Crippen LogP contribution in [-0.2, 0) is 11.2 Å². The van der Waals surface area contributed by atoms with E-state index in [-0.39, 0.29) is 11.5 Å². The molecule has 7 nitrogen and oxygen atoms in total. The molecule has 1 amide bonds. The molecule has 1 atom stereocenters. The quantitative estimate of drug-likeness (QED) is 0.265. The highest BCUT2D eigenvalue weighted by Gasteiger charge is 2.36. The minimum absolute atomic E-state index is 0.144. The second-order valence-corrected chi connectivity index (χ2v) is 9.11. The number of allylic oxidation sites excluding steroid dienone is 2. The van der Waals surface area contributed by atoms with Gasteiger partial charge in [-0.25, -0.2) is 10.2 Å². The lowest BCUT2D eigenvalue weighted by Gasteiger charge is -2.26. The molecule has 8 heteroatoms. The number of hydrogen-bond acceptors (Lipinski definition) is 5. The predicted molar refractivity (Wildman–Crippen MR) is 143 cm³/mol. The summed E-state index contributed by atoms with van der Waals surface area (Å²) in [6, 6.07) is 21.1. The lowest BCUT2D eigenvalue weighted by molar-refractivity contribution is -0.113. The van der Waals surface area contributed by atoms with E-state index in [4.69, 9.17) is 11.6 Å². The molecule has 0 bridgehead atoms. The summed E-state index contributed by atoms with van der Waals surface area (Å²) in [5, 5.41) is 19.7. The Labute approximate surface area is 218 Å². The number of fused-ring (bicyclic) bond motifs is 1. The fraction of sp³-hybridized carbons (Fsp3) is 0.103. The smallest absolute Gasteiger partial charge is 0.335 e. The number of nitrogens with one attached hydrogen (secondary N) is 2. The van der Waals surface area contributed by atoms with Crippen LogP contribution in [0.3, 0.4) is 0 Å². The van der Waals surface area contributed by atoms with Gasteiger partial charge >= 0.3 is 5.97 Å². The Kier molecular flexibility index (Phi) is 7.03. The second-order valence-electron chi connectivity index (χ2n) is 8.70. The van der Waals surface area contributed by atoms with Gasteiger partial charge in [0.15, 0.2) is 0 Å². The molecule has 1 aliphatic carbocycles. The zero-order valence-electron chi connectivity index (χ0n) is 19.7. The molecule has 37 heavy (non-hydrogen) atoms. The minimum atomic E-state index is -1.04. The van der Waals surface area contributed by atoms with Gasteiger partial charge in [0, 0.05) is 17.1 Å². The molecule has 1 unspecified atom stereocenters. The summed E-state index contributed by atoms with van der Waals surface area (Å²) >= 11 is 6.35. The number of carboxylic acids is 1. The molecule has 186 valence electrons. The van der Waals surface area contributed by atoms with Crippen molar-refractivity contribution >= 4 is 40.3 Å². The molecule has 0 aromatic heterocycles. The number of carbonyl (C=O) groups is 2. The standard InChI is InChI=1S/C29H24ClN3O4/c30-24-13-3-1-7-18(24)15-16-33-25-14-4-2-10-22(25)26(28(33)34)23-12-6-11-21(27(23)31-32-37)19-8-5-9-20(17-19)29(35)36/h1-14,17,27,31-32,37H,15-16H2,(H,35,36). The van der Waals surface area contributed by atoms with Crippen LogP contribution in [0.2, 0.25) is 5.02 Å². The van der Waals surface area contributed by atoms with Crippen molar-refractivity contribution < 1.29 is 19.9 Å². The van der Waals surface area contributed by atoms with Crippen LogP contribution in [0.4, 0.5) is 5.69 Å². The molecular weight excluding hydrogens is 490 g/mol. The molecule has 3 aromatic rings. The number of aromatic carboxylic acids is 1. The fourth-order valence-corrected chi connectivity index (χ4v) is 5.10. The summed E-state index contributed by atoms with van der Waals surface area (Å²) < 4.78 is 0. The van der Waals surface area contributed by atoms with Gasteiger partial charge in [-0.3, -0.25) is 4.79 Å². The molecule has 0 fully saturated rings. The van der Waals surface area contributed by atoms with E-state index in [0.717, 1.165) is 16.8 Å². The molecule has 1 aliphatic heterocycles. The number of hydrazine groups is 1. The van der Waals surface area contributed by atoms with Gasteiger partial charge in [-0.15, -0.1) is 5.59 Å². The first kappa shape index (κ1) is 24.7. The molecule has 4 N–H and O–H groups in total. The van der Waals surface area contributed by atoms with E-state index >= 15 is 0 Å². The van der Waals surface area contributed by atoms with E-state index in [9.17, 15) is 19.9 Å². The number of para-hydroxylation sites is 1. The maximum absolute atomic E-state index is 13.9. The van der Waals surface area contributed by atoms with E-state index in [2.05, 4.69) is 5.43 Å². The van der Waals surface area contributed by atoms with Crippen LogP contribution in [0.5, 0.6) is 0 Å². The van der Waals surface area contributed by atoms with Crippen molar-refractivity contribution in [1.29, 1.82) is 0 Å². The minimum Gasteiger partial charge on any atom is -0.478 e. The Hall–Kier alpha value is -4.01. The van der Waals surface area contributed by atoms with E-state index in [0.29, 0.717) is 40.3 Å². The molecule has 0 spiro atoms. The normalized spacial score (nSPS) is 18.6. The second kappa shape index (κ2) is 10.5. The molecule has 3 aromatic carbocycles. The van der Waals surface area contributed by atoms with Gasteiger partial charge in [-0.05, 0) is 53.0 Å². The summed E-state index contributed by atoms with van der Waals surface area (Å²) in [5.41, 5.74) is 10.1. The number of rotatable bonds is 7. The van der Waals surface area contributed by atoms with Crippen LogP contribution in [0.1, 0.15) is 27.0 Å². The van der Waals surface area contributed by atoms with Crippen molar-refractivity contribution in [3.63, 3.8) is 0 Å². The molecule has 2 aliphatic rings. The highest BCUT2D eigenvalue weighted by atomic mass is 35.5. The third-order valence-corrected chi connectivity index (χ3v) is 6.97. The lowest BCUT2D eigenvalue weighted by atomic mass is 9.85. The largest absolute Gasteiger partial charge is 0.478 e. The Morgan fingerprint density at radius 3 is 2.59 bits per heavy atom. The van der Waals surface area contributed by atoms with Crippen molar-refractivity contribution in [2.75, 3.05) is 11.4 Å². The van der Waals surface area contributed by atoms with E-state index in [1.54, 1.807) is 23.1 Å². The van der Waals surface area contributed by atoms with Crippen LogP contribution in [0.15, 0.2) is 96.6 Å². The number of benzene rings is 3. The summed E-state index contributed by atoms with van der Waals surface area (Å²) in [6.45, 7) is 0.444. The van der Waals surface area contributed by atoms with Gasteiger partial charge in [0.2, 0.25) is 0 Å². The SMILES string of the molecule is O=C(O)c1cccc(C2=CC=CC(=C3C(=O)N(CCc4ccccc4Cl)c4ccccc43)C2NNO)c1. The van der Waals surface area contributed by atoms with E-state index in [1.807, 2.05) is 72.3 Å². The summed E-state index contributed by atoms with van der Waals surface area (Å²) in [7, 11) is 0. The Morgan fingerprint density at radius 2 is 1.81 bits per heavy atom. The molecule has 0 radical (unpaired) electrons. The van der Waals surface area contributed by atoms with Crippen LogP contribution in [-0.4, -0.2) is 34.8 Å². The number of hydrogen-bond donors (Lipinski definition) is 4. The van der Waals surface area contributed by atoms with Crippen molar-refractivity contribution in [3.05, 3.63) is 124 Å². The number of amides is 1. The van der Waals surface area contributed by atoms with Crippen LogP contribution in [0.25, 0.3) is 11.1 Å². The first-order chi connectivity index (χ1) is 18.0. The number of carboxylic acid groups (broad SMARTS) is 1. The predicted octanol–water partition coefficient (Wildman–Crippen LogP) is 4.89. The molecule has 0 saturated heterocycles. The average molecular weight is 514 g/mol. The third kappa shape index (κ3) is 4.73. The van der Waals surface area contributed by atoms with Crippen molar-refractivity contribution in [3.8, 4) is 0 Å². The van der Waals surface area contributed by atoms with E-state index in [1.165, 1.54) is 6.07 Å². The van der Waals surface area contributed by atoms with Gasteiger partial charge in [0.1, 0.15) is 0 Å². The zero-order valence-corrected chi connectivity index (χ0v) is 20.4.